The Kier molecular flexibility index (Phi) is 22.6. The Morgan fingerprint density at radius 2 is 1.59 bits per heavy atom. The summed E-state index contributed by atoms with van der Waals surface area (Å²) in [6.45, 7) is 16.1. The van der Waals surface area contributed by atoms with Gasteiger partial charge in [0, 0.05) is 73.7 Å². The molecule has 0 radical (unpaired) electrons. The van der Waals surface area contributed by atoms with Crippen LogP contribution in [0.15, 0.2) is 60.8 Å². The van der Waals surface area contributed by atoms with Crippen molar-refractivity contribution in [3.8, 4) is 11.3 Å². The Hall–Kier alpha value is -7.27. The van der Waals surface area contributed by atoms with E-state index in [9.17, 15) is 47.9 Å². The number of aromatic nitrogens is 2. The van der Waals surface area contributed by atoms with E-state index in [4.69, 9.17) is 20.2 Å². The van der Waals surface area contributed by atoms with E-state index in [1.165, 1.54) is 24.0 Å². The number of hydrogen-bond acceptors (Lipinski definition) is 12. The summed E-state index contributed by atoms with van der Waals surface area (Å²) in [5.74, 6) is -4.14. The van der Waals surface area contributed by atoms with Crippen LogP contribution in [-0.4, -0.2) is 129 Å². The van der Waals surface area contributed by atoms with Crippen LogP contribution in [0, 0.1) is 28.4 Å². The number of alkyl carbamates (subject to hydrolysis) is 1. The highest BCUT2D eigenvalue weighted by Crippen LogP contribution is 2.41. The van der Waals surface area contributed by atoms with E-state index < -0.39 is 77.2 Å². The molecule has 3 aromatic rings. The van der Waals surface area contributed by atoms with Crippen molar-refractivity contribution in [1.29, 1.82) is 0 Å². The van der Waals surface area contributed by atoms with Gasteiger partial charge in [-0.3, -0.25) is 33.7 Å². The number of hydrogen-bond donors (Lipinski definition) is 7. The Morgan fingerprint density at radius 1 is 0.911 bits per heavy atom. The van der Waals surface area contributed by atoms with Crippen LogP contribution in [0.2, 0.25) is 0 Å². The average Bonchev–Trinajstić information content (AvgIpc) is 3.93. The summed E-state index contributed by atoms with van der Waals surface area (Å²) < 4.78 is 42.6. The molecule has 9 amide bonds. The maximum Gasteiger partial charge on any atom is 0.407 e. The number of aliphatic hydroxyl groups excluding tert-OH is 1. The highest BCUT2D eigenvalue weighted by molar-refractivity contribution is 6.12. The number of halogens is 2. The summed E-state index contributed by atoms with van der Waals surface area (Å²) in [6, 6.07) is 5.49. The van der Waals surface area contributed by atoms with Crippen molar-refractivity contribution in [1.82, 2.24) is 40.6 Å². The van der Waals surface area contributed by atoms with Gasteiger partial charge in [-0.1, -0.05) is 67.0 Å². The van der Waals surface area contributed by atoms with Gasteiger partial charge in [-0.05, 0) is 92.7 Å². The zero-order chi connectivity index (χ0) is 58.2. The van der Waals surface area contributed by atoms with E-state index >= 15 is 4.39 Å². The van der Waals surface area contributed by atoms with E-state index in [0.717, 1.165) is 23.1 Å². The SMILES string of the molecule is CCC(CCN(C(=O)C(C)O)C(c1nc(-c2cc(F)ccc2F)cn1CC1(C)COC1)C(C)(C)C)NC(=O)OCc1ccc(NC(=O)C(CCCNC(N)=O)NC(=O)C(NC(=O)CCCCCN2C(=O)C=CC2=O)C(C)C)cc1. The molecule has 432 valence electrons. The van der Waals surface area contributed by atoms with Crippen molar-refractivity contribution in [3.05, 3.63) is 83.8 Å². The Balaban J connectivity index is 1.19. The van der Waals surface area contributed by atoms with Crippen LogP contribution < -0.4 is 32.3 Å². The van der Waals surface area contributed by atoms with Gasteiger partial charge < -0.3 is 56.4 Å². The number of urea groups is 1. The minimum Gasteiger partial charge on any atom is -0.445 e. The smallest absolute Gasteiger partial charge is 0.407 e. The largest absolute Gasteiger partial charge is 0.445 e. The van der Waals surface area contributed by atoms with Crippen molar-refractivity contribution in [2.75, 3.05) is 38.2 Å². The lowest BCUT2D eigenvalue weighted by molar-refractivity contribution is -0.145. The van der Waals surface area contributed by atoms with Gasteiger partial charge in [0.1, 0.15) is 42.3 Å². The standard InChI is InChI=1S/C56H78F2N10O11/c1-9-38(24-27-68(52(75)35(4)69)48(55(5,6)7)49-63-43(40-28-37(57)18-21-41(40)58)29-66(49)31-56(8)32-78-33-56)62-54(77)79-30-36-16-19-39(20-17-36)61-50(73)42(14-13-25-60-53(59)76)64-51(74)47(34(2)3)65-44(70)15-11-10-12-26-67-45(71)22-23-46(67)72/h16-23,28-29,34-35,38,42,47-48,69H,9-15,24-27,30-33H2,1-8H3,(H,61,73)(H,62,77)(H,64,74)(H,65,70)(H3,59,60,76). The zero-order valence-electron chi connectivity index (χ0n) is 46.5. The fourth-order valence-corrected chi connectivity index (χ4v) is 9.31. The minimum atomic E-state index is -1.41. The quantitative estimate of drug-likeness (QED) is 0.0323. The number of carbonyl (C=O) groups excluding carboxylic acids is 8. The molecule has 2 aromatic carbocycles. The molecule has 1 saturated heterocycles. The van der Waals surface area contributed by atoms with Crippen LogP contribution >= 0.6 is 0 Å². The van der Waals surface area contributed by atoms with E-state index in [0.29, 0.717) is 62.5 Å². The topological polar surface area (TPSA) is 286 Å². The monoisotopic (exact) mass is 1100 g/mol. The zero-order valence-corrected chi connectivity index (χ0v) is 46.5. The summed E-state index contributed by atoms with van der Waals surface area (Å²) in [7, 11) is 0. The lowest BCUT2D eigenvalue weighted by Gasteiger charge is -2.43. The molecule has 1 fully saturated rings. The number of anilines is 1. The number of nitrogens with two attached hydrogens (primary N) is 1. The number of amides is 9. The number of aliphatic hydroxyl groups is 1. The first kappa shape index (κ1) is 62.6. The number of carbonyl (C=O) groups is 8. The molecular weight excluding hydrogens is 1030 g/mol. The first-order valence-electron chi connectivity index (χ1n) is 26.9. The molecule has 0 saturated carbocycles. The molecule has 0 bridgehead atoms. The molecule has 5 unspecified atom stereocenters. The third-order valence-corrected chi connectivity index (χ3v) is 13.7. The number of primary amides is 1. The van der Waals surface area contributed by atoms with Crippen LogP contribution in [0.3, 0.4) is 0 Å². The van der Waals surface area contributed by atoms with Gasteiger partial charge in [0.25, 0.3) is 17.7 Å². The lowest BCUT2D eigenvalue weighted by atomic mass is 9.83. The van der Waals surface area contributed by atoms with Crippen molar-refractivity contribution < 1.29 is 61.7 Å². The van der Waals surface area contributed by atoms with Gasteiger partial charge in [-0.15, -0.1) is 0 Å². The lowest BCUT2D eigenvalue weighted by Crippen LogP contribution is -2.54. The highest BCUT2D eigenvalue weighted by atomic mass is 19.1. The van der Waals surface area contributed by atoms with Crippen LogP contribution in [0.1, 0.15) is 124 Å². The maximum atomic E-state index is 15.2. The van der Waals surface area contributed by atoms with E-state index in [1.807, 2.05) is 39.2 Å². The predicted octanol–water partition coefficient (Wildman–Crippen LogP) is 5.75. The van der Waals surface area contributed by atoms with Gasteiger partial charge in [0.05, 0.1) is 24.9 Å². The number of imide groups is 1. The van der Waals surface area contributed by atoms with Crippen LogP contribution in [0.25, 0.3) is 11.3 Å². The van der Waals surface area contributed by atoms with Gasteiger partial charge >= 0.3 is 12.1 Å². The number of nitrogens with one attached hydrogen (secondary N) is 5. The fourth-order valence-electron chi connectivity index (χ4n) is 9.31. The first-order valence-corrected chi connectivity index (χ1v) is 26.9. The summed E-state index contributed by atoms with van der Waals surface area (Å²) >= 11 is 0. The van der Waals surface area contributed by atoms with Gasteiger partial charge in [0.2, 0.25) is 17.7 Å². The molecule has 2 aliphatic heterocycles. The normalized spacial score (nSPS) is 15.8. The van der Waals surface area contributed by atoms with Crippen LogP contribution in [-0.2, 0) is 51.4 Å². The third kappa shape index (κ3) is 18.4. The number of imidazole rings is 1. The number of rotatable bonds is 29. The number of unbranched alkanes of at least 4 members (excludes halogenated alkanes) is 2. The molecule has 0 aliphatic carbocycles. The summed E-state index contributed by atoms with van der Waals surface area (Å²) in [4.78, 5) is 110. The molecule has 5 atom stereocenters. The molecule has 23 heteroatoms. The van der Waals surface area contributed by atoms with Crippen LogP contribution in [0.5, 0.6) is 0 Å². The van der Waals surface area contributed by atoms with Crippen molar-refractivity contribution in [3.63, 3.8) is 0 Å². The van der Waals surface area contributed by atoms with E-state index in [2.05, 4.69) is 26.6 Å². The van der Waals surface area contributed by atoms with Crippen LogP contribution in [0.4, 0.5) is 24.1 Å². The minimum absolute atomic E-state index is 0.0423. The molecule has 79 heavy (non-hydrogen) atoms. The number of nitrogens with zero attached hydrogens (tertiary/aromatic N) is 4. The molecule has 8 N–H and O–H groups in total. The fraction of sp³-hybridized carbons (Fsp3) is 0.554. The van der Waals surface area contributed by atoms with Gasteiger partial charge in [-0.25, -0.2) is 23.4 Å². The Labute approximate surface area is 460 Å². The van der Waals surface area contributed by atoms with Crippen molar-refractivity contribution in [2.24, 2.45) is 22.5 Å². The second kappa shape index (κ2) is 28.6. The molecule has 3 heterocycles. The summed E-state index contributed by atoms with van der Waals surface area (Å²) in [5.41, 5.74) is 5.28. The molecule has 0 spiro atoms. The van der Waals surface area contributed by atoms with Crippen molar-refractivity contribution >= 4 is 53.3 Å². The molecular formula is C56H78F2N10O11. The maximum absolute atomic E-state index is 15.2. The number of ether oxygens (including phenoxy) is 2. The highest BCUT2D eigenvalue weighted by Gasteiger charge is 2.42. The Bertz CT molecular complexity index is 2650. The van der Waals surface area contributed by atoms with E-state index in [-0.39, 0.29) is 92.2 Å². The third-order valence-electron chi connectivity index (χ3n) is 13.7. The second-order valence-electron chi connectivity index (χ2n) is 22.1. The van der Waals surface area contributed by atoms with Gasteiger partial charge in [0.15, 0.2) is 0 Å². The molecule has 2 aliphatic rings. The van der Waals surface area contributed by atoms with Crippen molar-refractivity contribution in [2.45, 2.75) is 150 Å². The Morgan fingerprint density at radius 3 is 2.19 bits per heavy atom. The number of benzene rings is 2. The van der Waals surface area contributed by atoms with Gasteiger partial charge in [-0.2, -0.15) is 0 Å². The molecule has 5 rings (SSSR count). The first-order chi connectivity index (χ1) is 37.3. The average molecular weight is 1110 g/mol. The second-order valence-corrected chi connectivity index (χ2v) is 22.1. The summed E-state index contributed by atoms with van der Waals surface area (Å²) in [5, 5.41) is 24.4. The molecule has 1 aromatic heterocycles. The predicted molar refractivity (Wildman–Crippen MR) is 289 cm³/mol. The van der Waals surface area contributed by atoms with E-state index in [1.54, 1.807) is 44.3 Å². The summed E-state index contributed by atoms with van der Waals surface area (Å²) in [6.07, 6.45) is 4.62. The molecule has 21 nitrogen and oxygen atoms in total.